The average molecular weight is 334 g/mol. The third-order valence-corrected chi connectivity index (χ3v) is 4.60. The van der Waals surface area contributed by atoms with Gasteiger partial charge in [-0.1, -0.05) is 23.2 Å². The van der Waals surface area contributed by atoms with Crippen molar-refractivity contribution < 1.29 is 4.39 Å². The first-order valence-corrected chi connectivity index (χ1v) is 8.01. The van der Waals surface area contributed by atoms with Crippen LogP contribution in [0, 0.1) is 5.82 Å². The van der Waals surface area contributed by atoms with E-state index in [1.165, 1.54) is 12.1 Å². The maximum Gasteiger partial charge on any atom is 0.142 e. The van der Waals surface area contributed by atoms with Gasteiger partial charge >= 0.3 is 0 Å². The molecule has 1 aliphatic rings. The molecule has 1 aromatic rings. The Morgan fingerprint density at radius 2 is 1.86 bits per heavy atom. The molecule has 2 rings (SSSR count). The van der Waals surface area contributed by atoms with E-state index < -0.39 is 5.82 Å². The molecule has 1 N–H and O–H groups in total. The third-order valence-electron chi connectivity index (χ3n) is 3.98. The van der Waals surface area contributed by atoms with Crippen molar-refractivity contribution in [3.63, 3.8) is 0 Å². The van der Waals surface area contributed by atoms with Crippen molar-refractivity contribution in [2.24, 2.45) is 0 Å². The van der Waals surface area contributed by atoms with Crippen LogP contribution in [0.4, 0.5) is 4.39 Å². The van der Waals surface area contributed by atoms with Crippen LogP contribution >= 0.6 is 23.2 Å². The fourth-order valence-corrected chi connectivity index (χ4v) is 3.04. The van der Waals surface area contributed by atoms with Gasteiger partial charge in [-0.25, -0.2) is 4.39 Å². The lowest BCUT2D eigenvalue weighted by Crippen LogP contribution is -2.46. The molecule has 1 fully saturated rings. The molecule has 6 heteroatoms. The number of hydrogen-bond acceptors (Lipinski definition) is 3. The maximum absolute atomic E-state index is 13.5. The molecule has 0 aliphatic carbocycles. The zero-order valence-electron chi connectivity index (χ0n) is 12.5. The van der Waals surface area contributed by atoms with Crippen molar-refractivity contribution in [1.29, 1.82) is 0 Å². The average Bonchev–Trinajstić information content (AvgIpc) is 2.45. The number of likely N-dealkylation sites (N-methyl/N-ethyl adjacent to an activating group) is 1. The summed E-state index contributed by atoms with van der Waals surface area (Å²) in [6, 6.07) is 2.88. The van der Waals surface area contributed by atoms with Crippen molar-refractivity contribution in [1.82, 2.24) is 15.1 Å². The molecular formula is C15H22Cl2FN3. The van der Waals surface area contributed by atoms with Crippen molar-refractivity contribution >= 4 is 23.2 Å². The fourth-order valence-electron chi connectivity index (χ4n) is 2.49. The zero-order chi connectivity index (χ0) is 15.4. The van der Waals surface area contributed by atoms with E-state index in [-0.39, 0.29) is 11.1 Å². The Morgan fingerprint density at radius 3 is 2.52 bits per heavy atom. The summed E-state index contributed by atoms with van der Waals surface area (Å²) in [6.45, 7) is 8.26. The Balaban J connectivity index is 1.82. The van der Waals surface area contributed by atoms with E-state index in [9.17, 15) is 4.39 Å². The Morgan fingerprint density at radius 1 is 1.19 bits per heavy atom. The van der Waals surface area contributed by atoms with Crippen LogP contribution in [0.25, 0.3) is 0 Å². The number of hydrogen-bond donors (Lipinski definition) is 1. The second-order valence-electron chi connectivity index (χ2n) is 5.61. The largest absolute Gasteiger partial charge is 0.309 e. The smallest absolute Gasteiger partial charge is 0.142 e. The maximum atomic E-state index is 13.5. The van der Waals surface area contributed by atoms with Gasteiger partial charge < -0.3 is 10.2 Å². The molecule has 21 heavy (non-hydrogen) atoms. The van der Waals surface area contributed by atoms with Crippen LogP contribution in [0.1, 0.15) is 18.5 Å². The molecule has 1 atom stereocenters. The summed E-state index contributed by atoms with van der Waals surface area (Å²) < 4.78 is 13.5. The van der Waals surface area contributed by atoms with Gasteiger partial charge in [-0.15, -0.1) is 0 Å². The van der Waals surface area contributed by atoms with E-state index in [4.69, 9.17) is 23.2 Å². The molecule has 0 bridgehead atoms. The van der Waals surface area contributed by atoms with Gasteiger partial charge in [0, 0.05) is 50.3 Å². The van der Waals surface area contributed by atoms with E-state index in [1.807, 2.05) is 6.92 Å². The second kappa shape index (κ2) is 7.75. The fraction of sp³-hybridized carbons (Fsp3) is 0.600. The highest BCUT2D eigenvalue weighted by molar-refractivity contribution is 6.35. The highest BCUT2D eigenvalue weighted by atomic mass is 35.5. The van der Waals surface area contributed by atoms with Gasteiger partial charge in [-0.05, 0) is 31.7 Å². The van der Waals surface area contributed by atoms with E-state index in [0.29, 0.717) is 5.02 Å². The van der Waals surface area contributed by atoms with Crippen LogP contribution in [-0.4, -0.2) is 56.1 Å². The normalized spacial score (nSPS) is 18.9. The van der Waals surface area contributed by atoms with Gasteiger partial charge in [0.15, 0.2) is 0 Å². The summed E-state index contributed by atoms with van der Waals surface area (Å²) in [5, 5.41) is 3.96. The number of nitrogens with one attached hydrogen (secondary N) is 1. The summed E-state index contributed by atoms with van der Waals surface area (Å²) in [7, 11) is 2.15. The van der Waals surface area contributed by atoms with Gasteiger partial charge in [-0.3, -0.25) is 4.90 Å². The number of benzene rings is 1. The lowest BCUT2D eigenvalue weighted by molar-refractivity contribution is 0.154. The quantitative estimate of drug-likeness (QED) is 0.835. The predicted octanol–water partition coefficient (Wildman–Crippen LogP) is 3.03. The second-order valence-corrected chi connectivity index (χ2v) is 6.42. The lowest BCUT2D eigenvalue weighted by Gasteiger charge is -2.32. The van der Waals surface area contributed by atoms with Gasteiger partial charge in [0.2, 0.25) is 0 Å². The topological polar surface area (TPSA) is 18.5 Å². The summed E-state index contributed by atoms with van der Waals surface area (Å²) in [4.78, 5) is 4.77. The predicted molar refractivity (Wildman–Crippen MR) is 86.8 cm³/mol. The molecular weight excluding hydrogens is 312 g/mol. The monoisotopic (exact) mass is 333 g/mol. The molecule has 1 aromatic carbocycles. The minimum Gasteiger partial charge on any atom is -0.309 e. The molecule has 0 saturated carbocycles. The SMILES string of the molecule is CC(NCCN1CCN(C)CC1)c1cc(F)c(Cl)cc1Cl. The van der Waals surface area contributed by atoms with Crippen molar-refractivity contribution in [3.05, 3.63) is 33.6 Å². The molecule has 118 valence electrons. The van der Waals surface area contributed by atoms with E-state index in [1.54, 1.807) is 0 Å². The molecule has 1 saturated heterocycles. The highest BCUT2D eigenvalue weighted by Crippen LogP contribution is 2.28. The molecule has 1 aliphatic heterocycles. The number of nitrogens with zero attached hydrogens (tertiary/aromatic N) is 2. The van der Waals surface area contributed by atoms with Crippen molar-refractivity contribution in [2.45, 2.75) is 13.0 Å². The van der Waals surface area contributed by atoms with Gasteiger partial charge in [-0.2, -0.15) is 0 Å². The third kappa shape index (κ3) is 4.80. The first-order valence-electron chi connectivity index (χ1n) is 7.26. The van der Waals surface area contributed by atoms with Crippen LogP contribution in [0.5, 0.6) is 0 Å². The Labute approximate surface area is 136 Å². The standard InChI is InChI=1S/C15H22Cl2FN3/c1-11(12-9-15(18)14(17)10-13(12)16)19-3-4-21-7-5-20(2)6-8-21/h9-11,19H,3-8H2,1-2H3. The van der Waals surface area contributed by atoms with Crippen LogP contribution in [0.15, 0.2) is 12.1 Å². The molecule has 0 aromatic heterocycles. The Kier molecular flexibility index (Phi) is 6.26. The Bertz CT molecular complexity index is 476. The van der Waals surface area contributed by atoms with Crippen LogP contribution in [0.2, 0.25) is 10.0 Å². The van der Waals surface area contributed by atoms with Gasteiger partial charge in [0.05, 0.1) is 5.02 Å². The molecule has 0 amide bonds. The van der Waals surface area contributed by atoms with E-state index in [2.05, 4.69) is 22.2 Å². The van der Waals surface area contributed by atoms with Gasteiger partial charge in [0.25, 0.3) is 0 Å². The highest BCUT2D eigenvalue weighted by Gasteiger charge is 2.15. The van der Waals surface area contributed by atoms with Crippen LogP contribution in [0.3, 0.4) is 0 Å². The number of rotatable bonds is 5. The molecule has 0 spiro atoms. The van der Waals surface area contributed by atoms with E-state index in [0.717, 1.165) is 44.8 Å². The Hall–Kier alpha value is -0.390. The lowest BCUT2D eigenvalue weighted by atomic mass is 10.1. The van der Waals surface area contributed by atoms with Crippen molar-refractivity contribution in [2.75, 3.05) is 46.3 Å². The zero-order valence-corrected chi connectivity index (χ0v) is 14.0. The molecule has 3 nitrogen and oxygen atoms in total. The first-order chi connectivity index (χ1) is 9.97. The van der Waals surface area contributed by atoms with Gasteiger partial charge in [0.1, 0.15) is 5.82 Å². The van der Waals surface area contributed by atoms with Crippen LogP contribution < -0.4 is 5.32 Å². The number of halogens is 3. The minimum atomic E-state index is -0.427. The minimum absolute atomic E-state index is 0.00303. The van der Waals surface area contributed by atoms with Crippen LogP contribution in [-0.2, 0) is 0 Å². The van der Waals surface area contributed by atoms with E-state index >= 15 is 0 Å². The summed E-state index contributed by atoms with van der Waals surface area (Å²) in [5.74, 6) is -0.427. The number of piperazine rings is 1. The summed E-state index contributed by atoms with van der Waals surface area (Å²) in [6.07, 6.45) is 0. The molecule has 0 radical (unpaired) electrons. The summed E-state index contributed by atoms with van der Waals surface area (Å²) >= 11 is 11.9. The molecule has 1 unspecified atom stereocenters. The summed E-state index contributed by atoms with van der Waals surface area (Å²) in [5.41, 5.74) is 0.747. The first kappa shape index (κ1) is 17.0. The van der Waals surface area contributed by atoms with Crippen molar-refractivity contribution in [3.8, 4) is 0 Å². The molecule has 1 heterocycles.